The summed E-state index contributed by atoms with van der Waals surface area (Å²) >= 11 is 0. The zero-order valence-corrected chi connectivity index (χ0v) is 12.4. The molecule has 0 radical (unpaired) electrons. The van der Waals surface area contributed by atoms with Crippen LogP contribution in [-0.4, -0.2) is 41.9 Å². The highest BCUT2D eigenvalue weighted by Crippen LogP contribution is 2.30. The van der Waals surface area contributed by atoms with E-state index >= 15 is 0 Å². The fourth-order valence-electron chi connectivity index (χ4n) is 2.82. The largest absolute Gasteiger partial charge is 0.345 e. The maximum Gasteiger partial charge on any atom is 0.241 e. The monoisotopic (exact) mass is 269 g/mol. The van der Waals surface area contributed by atoms with Crippen LogP contribution in [0.25, 0.3) is 0 Å². The highest BCUT2D eigenvalue weighted by Gasteiger charge is 2.37. The van der Waals surface area contributed by atoms with E-state index in [2.05, 4.69) is 12.2 Å². The van der Waals surface area contributed by atoms with Gasteiger partial charge in [-0.3, -0.25) is 9.59 Å². The Hall–Kier alpha value is -1.10. The molecule has 2 unspecified atom stereocenters. The molecule has 0 bridgehead atoms. The van der Waals surface area contributed by atoms with Crippen LogP contribution in [-0.2, 0) is 9.59 Å². The highest BCUT2D eigenvalue weighted by molar-refractivity contribution is 5.90. The minimum absolute atomic E-state index is 0.0494. The van der Waals surface area contributed by atoms with Crippen LogP contribution in [0.5, 0.6) is 0 Å². The average Bonchev–Trinajstić information content (AvgIpc) is 2.37. The van der Waals surface area contributed by atoms with E-state index in [4.69, 9.17) is 5.73 Å². The predicted octanol–water partition coefficient (Wildman–Crippen LogP) is 0.879. The molecule has 110 valence electrons. The van der Waals surface area contributed by atoms with E-state index in [9.17, 15) is 9.59 Å². The van der Waals surface area contributed by atoms with E-state index < -0.39 is 5.54 Å². The standard InChI is InChI=1S/C14H27N3O2/c1-4-17(5-2)12(18)10-16-13(19)14(15)8-6-7-11(3)9-14/h11H,4-10,15H2,1-3H3,(H,16,19). The van der Waals surface area contributed by atoms with Crippen molar-refractivity contribution in [2.75, 3.05) is 19.6 Å². The minimum Gasteiger partial charge on any atom is -0.345 e. The van der Waals surface area contributed by atoms with Crippen LogP contribution in [0.15, 0.2) is 0 Å². The summed E-state index contributed by atoms with van der Waals surface area (Å²) in [5, 5.41) is 2.71. The van der Waals surface area contributed by atoms with Gasteiger partial charge in [-0.05, 0) is 32.6 Å². The average molecular weight is 269 g/mol. The van der Waals surface area contributed by atoms with Gasteiger partial charge < -0.3 is 16.0 Å². The number of nitrogens with one attached hydrogen (secondary N) is 1. The summed E-state index contributed by atoms with van der Waals surface area (Å²) in [6, 6.07) is 0. The number of carbonyl (C=O) groups excluding carboxylic acids is 2. The first kappa shape index (κ1) is 16.0. The topological polar surface area (TPSA) is 75.4 Å². The smallest absolute Gasteiger partial charge is 0.241 e. The quantitative estimate of drug-likeness (QED) is 0.778. The highest BCUT2D eigenvalue weighted by atomic mass is 16.2. The van der Waals surface area contributed by atoms with Crippen molar-refractivity contribution in [3.05, 3.63) is 0 Å². The molecular formula is C14H27N3O2. The van der Waals surface area contributed by atoms with Gasteiger partial charge in [0.1, 0.15) is 0 Å². The third kappa shape index (κ3) is 4.20. The maximum absolute atomic E-state index is 12.2. The van der Waals surface area contributed by atoms with Crippen LogP contribution < -0.4 is 11.1 Å². The van der Waals surface area contributed by atoms with Crippen LogP contribution in [0.1, 0.15) is 46.5 Å². The van der Waals surface area contributed by atoms with Crippen molar-refractivity contribution in [3.8, 4) is 0 Å². The minimum atomic E-state index is -0.790. The molecule has 2 amide bonds. The molecule has 1 aliphatic rings. The number of hydrogen-bond donors (Lipinski definition) is 2. The Balaban J connectivity index is 2.48. The second-order valence-corrected chi connectivity index (χ2v) is 5.61. The van der Waals surface area contributed by atoms with Crippen LogP contribution in [0.3, 0.4) is 0 Å². The van der Waals surface area contributed by atoms with Crippen molar-refractivity contribution in [3.63, 3.8) is 0 Å². The van der Waals surface area contributed by atoms with Gasteiger partial charge in [0.25, 0.3) is 0 Å². The lowest BCUT2D eigenvalue weighted by atomic mass is 9.76. The fraction of sp³-hybridized carbons (Fsp3) is 0.857. The zero-order chi connectivity index (χ0) is 14.5. The number of nitrogens with two attached hydrogens (primary N) is 1. The van der Waals surface area contributed by atoms with Crippen molar-refractivity contribution in [2.24, 2.45) is 11.7 Å². The van der Waals surface area contributed by atoms with Crippen LogP contribution in [0.4, 0.5) is 0 Å². The van der Waals surface area contributed by atoms with Gasteiger partial charge in [0.15, 0.2) is 0 Å². The first-order valence-electron chi connectivity index (χ1n) is 7.28. The van der Waals surface area contributed by atoms with Gasteiger partial charge in [-0.1, -0.05) is 19.8 Å². The van der Waals surface area contributed by atoms with Crippen LogP contribution >= 0.6 is 0 Å². The Morgan fingerprint density at radius 2 is 2.00 bits per heavy atom. The first-order valence-corrected chi connectivity index (χ1v) is 7.28. The van der Waals surface area contributed by atoms with E-state index in [-0.39, 0.29) is 18.4 Å². The Morgan fingerprint density at radius 3 is 2.53 bits per heavy atom. The number of hydrogen-bond acceptors (Lipinski definition) is 3. The molecule has 0 aromatic carbocycles. The molecule has 3 N–H and O–H groups in total. The SMILES string of the molecule is CCN(CC)C(=O)CNC(=O)C1(N)CCCC(C)C1. The lowest BCUT2D eigenvalue weighted by molar-refractivity contribution is -0.134. The summed E-state index contributed by atoms with van der Waals surface area (Å²) in [6.45, 7) is 7.35. The summed E-state index contributed by atoms with van der Waals surface area (Å²) in [6.07, 6.45) is 3.53. The van der Waals surface area contributed by atoms with E-state index in [0.717, 1.165) is 12.8 Å². The lowest BCUT2D eigenvalue weighted by Crippen LogP contribution is -2.57. The van der Waals surface area contributed by atoms with Crippen LogP contribution in [0.2, 0.25) is 0 Å². The van der Waals surface area contributed by atoms with Gasteiger partial charge in [0, 0.05) is 13.1 Å². The van der Waals surface area contributed by atoms with Crippen molar-refractivity contribution in [1.82, 2.24) is 10.2 Å². The Kier molecular flexibility index (Phi) is 5.79. The van der Waals surface area contributed by atoms with Crippen molar-refractivity contribution < 1.29 is 9.59 Å². The van der Waals surface area contributed by atoms with Gasteiger partial charge in [-0.25, -0.2) is 0 Å². The van der Waals surface area contributed by atoms with Crippen molar-refractivity contribution >= 4 is 11.8 Å². The van der Waals surface area contributed by atoms with E-state index in [1.165, 1.54) is 0 Å². The zero-order valence-electron chi connectivity index (χ0n) is 12.4. The Labute approximate surface area is 115 Å². The summed E-state index contributed by atoms with van der Waals surface area (Å²) in [5.41, 5.74) is 5.39. The number of carbonyl (C=O) groups is 2. The normalized spacial score (nSPS) is 26.8. The lowest BCUT2D eigenvalue weighted by Gasteiger charge is -2.35. The summed E-state index contributed by atoms with van der Waals surface area (Å²) in [4.78, 5) is 25.7. The number of likely N-dealkylation sites (N-methyl/N-ethyl adjacent to an activating group) is 1. The fourth-order valence-corrected chi connectivity index (χ4v) is 2.82. The van der Waals surface area contributed by atoms with Crippen molar-refractivity contribution in [1.29, 1.82) is 0 Å². The second-order valence-electron chi connectivity index (χ2n) is 5.61. The molecule has 1 saturated carbocycles. The van der Waals surface area contributed by atoms with Gasteiger partial charge in [-0.15, -0.1) is 0 Å². The van der Waals surface area contributed by atoms with Gasteiger partial charge >= 0.3 is 0 Å². The maximum atomic E-state index is 12.2. The molecule has 5 heteroatoms. The molecule has 0 aromatic rings. The van der Waals surface area contributed by atoms with Gasteiger partial charge in [0.05, 0.1) is 12.1 Å². The third-order valence-electron chi connectivity index (χ3n) is 4.00. The second kappa shape index (κ2) is 6.89. The Bertz CT molecular complexity index is 329. The molecule has 0 saturated heterocycles. The van der Waals surface area contributed by atoms with Gasteiger partial charge in [0.2, 0.25) is 11.8 Å². The van der Waals surface area contributed by atoms with E-state index in [1.54, 1.807) is 4.90 Å². The first-order chi connectivity index (χ1) is 8.92. The molecule has 0 aromatic heterocycles. The molecular weight excluding hydrogens is 242 g/mol. The van der Waals surface area contributed by atoms with E-state index in [1.807, 2.05) is 13.8 Å². The molecule has 0 heterocycles. The van der Waals surface area contributed by atoms with Crippen LogP contribution in [0, 0.1) is 5.92 Å². The molecule has 19 heavy (non-hydrogen) atoms. The number of amides is 2. The van der Waals surface area contributed by atoms with Gasteiger partial charge in [-0.2, -0.15) is 0 Å². The molecule has 0 spiro atoms. The Morgan fingerprint density at radius 1 is 1.37 bits per heavy atom. The molecule has 5 nitrogen and oxygen atoms in total. The summed E-state index contributed by atoms with van der Waals surface area (Å²) in [7, 11) is 0. The molecule has 1 rings (SSSR count). The molecule has 1 aliphatic carbocycles. The van der Waals surface area contributed by atoms with Crippen molar-refractivity contribution in [2.45, 2.75) is 52.0 Å². The predicted molar refractivity (Wildman–Crippen MR) is 75.5 cm³/mol. The number of nitrogens with zero attached hydrogens (tertiary/aromatic N) is 1. The summed E-state index contributed by atoms with van der Waals surface area (Å²) in [5.74, 6) is 0.244. The number of rotatable bonds is 5. The van der Waals surface area contributed by atoms with E-state index in [0.29, 0.717) is 31.8 Å². The molecule has 1 fully saturated rings. The molecule has 2 atom stereocenters. The summed E-state index contributed by atoms with van der Waals surface area (Å²) < 4.78 is 0. The molecule has 0 aliphatic heterocycles. The third-order valence-corrected chi connectivity index (χ3v) is 4.00.